The average Bonchev–Trinajstić information content (AvgIpc) is 2.97. The third-order valence-electron chi connectivity index (χ3n) is 5.17. The van der Waals surface area contributed by atoms with E-state index in [0.717, 1.165) is 51.0 Å². The van der Waals surface area contributed by atoms with Gasteiger partial charge in [-0.2, -0.15) is 5.21 Å². The summed E-state index contributed by atoms with van der Waals surface area (Å²) in [6.45, 7) is 7.71. The van der Waals surface area contributed by atoms with E-state index in [4.69, 9.17) is 18.1 Å². The Bertz CT molecular complexity index is 539. The molecule has 1 N–H and O–H groups in total. The maximum Gasteiger partial charge on any atom is 0.500 e. The number of carbonyl (C=O) groups is 3. The molecule has 1 saturated heterocycles. The van der Waals surface area contributed by atoms with Crippen LogP contribution in [0.5, 0.6) is 0 Å². The number of amides is 2. The molecule has 9 nitrogen and oxygen atoms in total. The highest BCUT2D eigenvalue weighted by Gasteiger charge is 2.55. The highest BCUT2D eigenvalue weighted by Crippen LogP contribution is 2.22. The minimum atomic E-state index is -2.53. The molecule has 1 aliphatic rings. The molecular formula is C21H40NO8Si+. The van der Waals surface area contributed by atoms with E-state index in [9.17, 15) is 19.6 Å². The molecule has 1 rings (SSSR count). The lowest BCUT2D eigenvalue weighted by Crippen LogP contribution is -2.50. The van der Waals surface area contributed by atoms with Gasteiger partial charge in [0.2, 0.25) is 0 Å². The van der Waals surface area contributed by atoms with Gasteiger partial charge in [-0.25, -0.2) is 19.2 Å². The highest BCUT2D eigenvalue weighted by molar-refractivity contribution is 6.60. The Morgan fingerprint density at radius 2 is 1.23 bits per heavy atom. The molecular weight excluding hydrogens is 422 g/mol. The fraction of sp³-hybridized carbons (Fsp3) is 0.857. The minimum Gasteiger partial charge on any atom is -0.374 e. The maximum atomic E-state index is 11.8. The average molecular weight is 463 g/mol. The van der Waals surface area contributed by atoms with Gasteiger partial charge in [-0.05, 0) is 33.6 Å². The molecule has 0 aromatic carbocycles. The summed E-state index contributed by atoms with van der Waals surface area (Å²) in [5.74, 6) is -2.30. The number of hydrogen-bond donors (Lipinski definition) is 1. The molecule has 1 heterocycles. The van der Waals surface area contributed by atoms with Crippen LogP contribution in [0.3, 0.4) is 0 Å². The number of hydrogen-bond acceptors (Lipinski definition) is 8. The minimum absolute atomic E-state index is 0.0834. The van der Waals surface area contributed by atoms with Gasteiger partial charge in [-0.15, -0.1) is 0 Å². The summed E-state index contributed by atoms with van der Waals surface area (Å²) < 4.78 is 17.6. The second kappa shape index (κ2) is 14.8. The zero-order valence-corrected chi connectivity index (χ0v) is 20.4. The molecule has 0 unspecified atom stereocenters. The van der Waals surface area contributed by atoms with Crippen molar-refractivity contribution in [1.82, 2.24) is 0 Å². The highest BCUT2D eigenvalue weighted by atomic mass is 28.4. The molecule has 0 saturated carbocycles. The molecule has 0 aromatic rings. The molecule has 0 bridgehead atoms. The third-order valence-corrected chi connectivity index (χ3v) is 8.32. The quantitative estimate of drug-likeness (QED) is 0.107. The fourth-order valence-electron chi connectivity index (χ4n) is 3.62. The molecule has 10 heteroatoms. The molecule has 0 atom stereocenters. The van der Waals surface area contributed by atoms with E-state index in [1.165, 1.54) is 0 Å². The first kappa shape index (κ1) is 27.9. The van der Waals surface area contributed by atoms with Crippen LogP contribution >= 0.6 is 0 Å². The molecule has 2 amide bonds. The van der Waals surface area contributed by atoms with Gasteiger partial charge in [0.1, 0.15) is 4.81 Å². The van der Waals surface area contributed by atoms with E-state index >= 15 is 0 Å². The Labute approximate surface area is 186 Å². The first-order chi connectivity index (χ1) is 14.8. The van der Waals surface area contributed by atoms with Crippen LogP contribution in [0.1, 0.15) is 91.4 Å². The summed E-state index contributed by atoms with van der Waals surface area (Å²) in [4.78, 5) is 37.7. The van der Waals surface area contributed by atoms with Crippen LogP contribution < -0.4 is 0 Å². The van der Waals surface area contributed by atoms with Crippen molar-refractivity contribution in [2.24, 2.45) is 0 Å². The number of hydroxylamine groups is 4. The van der Waals surface area contributed by atoms with Crippen molar-refractivity contribution in [2.75, 3.05) is 19.8 Å². The molecule has 0 aromatic heterocycles. The van der Waals surface area contributed by atoms with Crippen molar-refractivity contribution < 1.29 is 42.5 Å². The molecule has 1 aliphatic heterocycles. The van der Waals surface area contributed by atoms with Crippen LogP contribution in [-0.2, 0) is 32.5 Å². The molecule has 180 valence electrons. The maximum absolute atomic E-state index is 11.8. The predicted octanol–water partition coefficient (Wildman–Crippen LogP) is 4.06. The number of imide groups is 1. The normalized spacial score (nSPS) is 16.1. The lowest BCUT2D eigenvalue weighted by atomic mass is 10.1. The second-order valence-corrected chi connectivity index (χ2v) is 10.4. The van der Waals surface area contributed by atoms with Gasteiger partial charge in [0.25, 0.3) is 0 Å². The summed E-state index contributed by atoms with van der Waals surface area (Å²) in [5, 5.41) is 9.86. The van der Waals surface area contributed by atoms with E-state index in [1.54, 1.807) is 0 Å². The lowest BCUT2D eigenvalue weighted by molar-refractivity contribution is -1.12. The zero-order valence-electron chi connectivity index (χ0n) is 19.4. The Morgan fingerprint density at radius 3 is 1.68 bits per heavy atom. The van der Waals surface area contributed by atoms with Gasteiger partial charge in [0.05, 0.1) is 19.3 Å². The summed E-state index contributed by atoms with van der Waals surface area (Å²) in [5.41, 5.74) is 0. The van der Waals surface area contributed by atoms with Gasteiger partial charge in [0.15, 0.2) is 0 Å². The van der Waals surface area contributed by atoms with E-state index in [-0.39, 0.29) is 19.3 Å². The topological polar surface area (TPSA) is 108 Å². The van der Waals surface area contributed by atoms with Gasteiger partial charge >= 0.3 is 26.6 Å². The SMILES string of the molecule is CCO[Si](CCCCCCCCCCC(=O)O[N+]1(O)C(=O)CCC1=O)(OCC)OCC. The summed E-state index contributed by atoms with van der Waals surface area (Å²) in [6.07, 6.45) is 7.80. The van der Waals surface area contributed by atoms with E-state index in [1.807, 2.05) is 20.8 Å². The van der Waals surface area contributed by atoms with Crippen LogP contribution in [0.4, 0.5) is 0 Å². The van der Waals surface area contributed by atoms with E-state index < -0.39 is 31.4 Å². The standard InChI is InChI=1S/C21H40NO8Si/c1-4-27-31(28-5-2,29-6-3)18-14-12-10-8-7-9-11-13-15-21(25)30-22(26)19(23)16-17-20(22)24/h26H,4-18H2,1-3H3/q+1. The van der Waals surface area contributed by atoms with Crippen molar-refractivity contribution in [3.05, 3.63) is 0 Å². The van der Waals surface area contributed by atoms with Gasteiger partial charge in [-0.3, -0.25) is 0 Å². The van der Waals surface area contributed by atoms with E-state index in [2.05, 4.69) is 0 Å². The number of nitrogens with zero attached hydrogens (tertiary/aromatic N) is 1. The largest absolute Gasteiger partial charge is 0.500 e. The third kappa shape index (κ3) is 9.46. The van der Waals surface area contributed by atoms with Crippen molar-refractivity contribution in [3.8, 4) is 0 Å². The number of quaternary nitrogens is 1. The lowest BCUT2D eigenvalue weighted by Gasteiger charge is -2.28. The Balaban J connectivity index is 2.09. The van der Waals surface area contributed by atoms with Crippen LogP contribution in [0.15, 0.2) is 0 Å². The molecule has 0 spiro atoms. The first-order valence-corrected chi connectivity index (χ1v) is 13.6. The van der Waals surface area contributed by atoms with Crippen molar-refractivity contribution in [1.29, 1.82) is 0 Å². The summed E-state index contributed by atoms with van der Waals surface area (Å²) in [7, 11) is -2.53. The Kier molecular flexibility index (Phi) is 13.3. The van der Waals surface area contributed by atoms with Gasteiger partial charge < -0.3 is 13.3 Å². The van der Waals surface area contributed by atoms with E-state index in [0.29, 0.717) is 26.2 Å². The first-order valence-electron chi connectivity index (χ1n) is 11.7. The zero-order chi connectivity index (χ0) is 23.2. The van der Waals surface area contributed by atoms with Crippen LogP contribution in [-0.4, -0.2) is 56.4 Å². The monoisotopic (exact) mass is 462 g/mol. The predicted molar refractivity (Wildman–Crippen MR) is 114 cm³/mol. The van der Waals surface area contributed by atoms with Gasteiger partial charge in [0, 0.05) is 25.9 Å². The molecule has 0 aliphatic carbocycles. The van der Waals surface area contributed by atoms with Crippen LogP contribution in [0.2, 0.25) is 6.04 Å². The number of carbonyl (C=O) groups excluding carboxylic acids is 3. The number of rotatable bonds is 18. The Morgan fingerprint density at radius 1 is 0.806 bits per heavy atom. The van der Waals surface area contributed by atoms with Crippen LogP contribution in [0, 0.1) is 0 Å². The smallest absolute Gasteiger partial charge is 0.374 e. The fourth-order valence-corrected chi connectivity index (χ4v) is 6.31. The summed E-state index contributed by atoms with van der Waals surface area (Å²) >= 11 is 0. The van der Waals surface area contributed by atoms with Crippen molar-refractivity contribution in [3.63, 3.8) is 0 Å². The number of unbranched alkanes of at least 4 members (excludes halogenated alkanes) is 7. The Hall–Kier alpha value is -1.17. The molecule has 1 fully saturated rings. The van der Waals surface area contributed by atoms with Gasteiger partial charge in [-0.1, -0.05) is 38.5 Å². The second-order valence-electron chi connectivity index (χ2n) is 7.64. The van der Waals surface area contributed by atoms with Crippen LogP contribution in [0.25, 0.3) is 0 Å². The van der Waals surface area contributed by atoms with Crippen molar-refractivity contribution >= 4 is 26.6 Å². The summed E-state index contributed by atoms with van der Waals surface area (Å²) in [6, 6.07) is 0.848. The van der Waals surface area contributed by atoms with Crippen molar-refractivity contribution in [2.45, 2.75) is 97.4 Å². The molecule has 0 radical (unpaired) electrons. The molecule has 31 heavy (non-hydrogen) atoms.